The Hall–Kier alpha value is -1.56. The van der Waals surface area contributed by atoms with Gasteiger partial charge in [0.15, 0.2) is 0 Å². The summed E-state index contributed by atoms with van der Waals surface area (Å²) in [6, 6.07) is 5.59. The van der Waals surface area contributed by atoms with Crippen molar-refractivity contribution in [3.63, 3.8) is 0 Å². The van der Waals surface area contributed by atoms with E-state index in [9.17, 15) is 4.79 Å². The Morgan fingerprint density at radius 1 is 1.18 bits per heavy atom. The van der Waals surface area contributed by atoms with Crippen molar-refractivity contribution >= 4 is 29.0 Å². The van der Waals surface area contributed by atoms with Crippen molar-refractivity contribution in [2.45, 2.75) is 52.0 Å². The van der Waals surface area contributed by atoms with Crippen LogP contribution in [-0.4, -0.2) is 28.7 Å². The maximum Gasteiger partial charge on any atom is 0.263 e. The van der Waals surface area contributed by atoms with E-state index in [1.807, 2.05) is 13.8 Å². The molecule has 2 aromatic rings. The minimum atomic E-state index is -0.107. The molecule has 1 saturated heterocycles. The van der Waals surface area contributed by atoms with Crippen LogP contribution in [0.2, 0.25) is 10.0 Å². The molecule has 1 atom stereocenters. The number of hydrogen-bond donors (Lipinski definition) is 1. The number of aromatic nitrogens is 2. The first-order valence-corrected chi connectivity index (χ1v) is 10.6. The summed E-state index contributed by atoms with van der Waals surface area (Å²) in [5.74, 6) is 1.38. The Kier molecular flexibility index (Phi) is 5.19. The SMILES string of the molecule is Cc1c(N2CCC3(CCC[C@@H]3N)CC2)nc(C)n(-c2cccc(Cl)c2Cl)c1=O. The van der Waals surface area contributed by atoms with Gasteiger partial charge in [-0.05, 0) is 57.1 Å². The zero-order valence-electron chi connectivity index (χ0n) is 16.3. The first kappa shape index (κ1) is 19.7. The number of rotatable bonds is 2. The molecule has 0 radical (unpaired) electrons. The van der Waals surface area contributed by atoms with Gasteiger partial charge in [-0.2, -0.15) is 0 Å². The molecule has 150 valence electrons. The van der Waals surface area contributed by atoms with Crippen molar-refractivity contribution in [3.05, 3.63) is 50.0 Å². The summed E-state index contributed by atoms with van der Waals surface area (Å²) in [5.41, 5.74) is 7.78. The number of anilines is 1. The molecule has 0 amide bonds. The molecular formula is C21H26Cl2N4O. The number of aryl methyl sites for hydroxylation is 1. The maximum atomic E-state index is 13.2. The standard InChI is InChI=1S/C21H26Cl2N4O/c1-13-19(26-11-9-21(10-12-26)8-4-7-17(21)24)25-14(2)27(20(13)28)16-6-3-5-15(22)18(16)23/h3,5-6,17H,4,7-12,24H2,1-2H3/t17-/m0/s1. The second-order valence-electron chi connectivity index (χ2n) is 8.17. The highest BCUT2D eigenvalue weighted by Crippen LogP contribution is 2.46. The van der Waals surface area contributed by atoms with Crippen LogP contribution in [0, 0.1) is 19.3 Å². The van der Waals surface area contributed by atoms with Crippen molar-refractivity contribution in [3.8, 4) is 5.69 Å². The second kappa shape index (κ2) is 7.36. The Labute approximate surface area is 175 Å². The zero-order chi connectivity index (χ0) is 20.1. The third-order valence-corrected chi connectivity index (χ3v) is 7.47. The van der Waals surface area contributed by atoms with Gasteiger partial charge >= 0.3 is 0 Å². The van der Waals surface area contributed by atoms with E-state index in [0.717, 1.165) is 38.2 Å². The molecule has 2 heterocycles. The molecule has 1 aromatic heterocycles. The molecule has 4 rings (SSSR count). The fourth-order valence-corrected chi connectivity index (χ4v) is 5.28. The average Bonchev–Trinajstić information content (AvgIpc) is 3.02. The molecule has 1 aliphatic heterocycles. The lowest BCUT2D eigenvalue weighted by molar-refractivity contribution is 0.197. The summed E-state index contributed by atoms with van der Waals surface area (Å²) in [7, 11) is 0. The number of nitrogens with two attached hydrogens (primary N) is 1. The molecule has 1 saturated carbocycles. The molecule has 5 nitrogen and oxygen atoms in total. The van der Waals surface area contributed by atoms with Crippen LogP contribution in [0.15, 0.2) is 23.0 Å². The van der Waals surface area contributed by atoms with Crippen molar-refractivity contribution in [1.29, 1.82) is 0 Å². The predicted octanol–water partition coefficient (Wildman–Crippen LogP) is 4.25. The Morgan fingerprint density at radius 2 is 1.89 bits per heavy atom. The van der Waals surface area contributed by atoms with E-state index >= 15 is 0 Å². The van der Waals surface area contributed by atoms with E-state index in [1.165, 1.54) is 12.8 Å². The molecular weight excluding hydrogens is 395 g/mol. The number of nitrogens with zero attached hydrogens (tertiary/aromatic N) is 3. The third-order valence-electron chi connectivity index (χ3n) is 6.66. The molecule has 28 heavy (non-hydrogen) atoms. The van der Waals surface area contributed by atoms with E-state index in [1.54, 1.807) is 22.8 Å². The third kappa shape index (κ3) is 3.14. The lowest BCUT2D eigenvalue weighted by atomic mass is 9.74. The first-order valence-electron chi connectivity index (χ1n) is 9.89. The van der Waals surface area contributed by atoms with Gasteiger partial charge in [-0.1, -0.05) is 35.7 Å². The highest BCUT2D eigenvalue weighted by atomic mass is 35.5. The normalized spacial score (nSPS) is 21.5. The molecule has 1 spiro atoms. The smallest absolute Gasteiger partial charge is 0.263 e. The topological polar surface area (TPSA) is 64.2 Å². The average molecular weight is 421 g/mol. The van der Waals surface area contributed by atoms with Gasteiger partial charge in [0, 0.05) is 19.1 Å². The van der Waals surface area contributed by atoms with E-state index in [0.29, 0.717) is 33.2 Å². The predicted molar refractivity (Wildman–Crippen MR) is 115 cm³/mol. The van der Waals surface area contributed by atoms with E-state index in [4.69, 9.17) is 33.9 Å². The van der Waals surface area contributed by atoms with Crippen LogP contribution in [0.3, 0.4) is 0 Å². The number of hydrogen-bond acceptors (Lipinski definition) is 4. The summed E-state index contributed by atoms with van der Waals surface area (Å²) in [5, 5.41) is 0.778. The van der Waals surface area contributed by atoms with E-state index in [2.05, 4.69) is 4.90 Å². The van der Waals surface area contributed by atoms with Gasteiger partial charge in [-0.25, -0.2) is 4.98 Å². The minimum absolute atomic E-state index is 0.107. The van der Waals surface area contributed by atoms with E-state index < -0.39 is 0 Å². The number of piperidine rings is 1. The lowest BCUT2D eigenvalue weighted by Gasteiger charge is -2.42. The first-order chi connectivity index (χ1) is 13.3. The van der Waals surface area contributed by atoms with Gasteiger partial charge < -0.3 is 10.6 Å². The molecule has 2 fully saturated rings. The quantitative estimate of drug-likeness (QED) is 0.787. The molecule has 0 unspecified atom stereocenters. The van der Waals surface area contributed by atoms with Crippen molar-refractivity contribution in [2.75, 3.05) is 18.0 Å². The summed E-state index contributed by atoms with van der Waals surface area (Å²) < 4.78 is 1.55. The van der Waals surface area contributed by atoms with Crippen LogP contribution < -0.4 is 16.2 Å². The maximum absolute atomic E-state index is 13.2. The Morgan fingerprint density at radius 3 is 2.54 bits per heavy atom. The van der Waals surface area contributed by atoms with Crippen LogP contribution in [-0.2, 0) is 0 Å². The molecule has 2 aliphatic rings. The lowest BCUT2D eigenvalue weighted by Crippen LogP contribution is -2.47. The van der Waals surface area contributed by atoms with Crippen molar-refractivity contribution < 1.29 is 0 Å². The van der Waals surface area contributed by atoms with Crippen LogP contribution >= 0.6 is 23.2 Å². The van der Waals surface area contributed by atoms with Crippen LogP contribution in [0.1, 0.15) is 43.5 Å². The van der Waals surface area contributed by atoms with Gasteiger partial charge in [-0.3, -0.25) is 9.36 Å². The van der Waals surface area contributed by atoms with Crippen LogP contribution in [0.4, 0.5) is 5.82 Å². The van der Waals surface area contributed by atoms with Crippen molar-refractivity contribution in [1.82, 2.24) is 9.55 Å². The Balaban J connectivity index is 1.68. The van der Waals surface area contributed by atoms with Crippen LogP contribution in [0.5, 0.6) is 0 Å². The fourth-order valence-electron chi connectivity index (χ4n) is 4.90. The molecule has 1 aromatic carbocycles. The summed E-state index contributed by atoms with van der Waals surface area (Å²) in [6.45, 7) is 5.45. The monoisotopic (exact) mass is 420 g/mol. The molecule has 2 N–H and O–H groups in total. The molecule has 1 aliphatic carbocycles. The molecule has 7 heteroatoms. The van der Waals surface area contributed by atoms with Gasteiger partial charge in [0.1, 0.15) is 11.6 Å². The summed E-state index contributed by atoms with van der Waals surface area (Å²) in [4.78, 5) is 20.2. The fraction of sp³-hybridized carbons (Fsp3) is 0.524. The largest absolute Gasteiger partial charge is 0.356 e. The minimum Gasteiger partial charge on any atom is -0.356 e. The second-order valence-corrected chi connectivity index (χ2v) is 8.95. The van der Waals surface area contributed by atoms with Gasteiger partial charge in [-0.15, -0.1) is 0 Å². The Bertz CT molecular complexity index is 964. The molecule has 0 bridgehead atoms. The highest BCUT2D eigenvalue weighted by molar-refractivity contribution is 6.43. The zero-order valence-corrected chi connectivity index (χ0v) is 17.9. The van der Waals surface area contributed by atoms with Crippen molar-refractivity contribution in [2.24, 2.45) is 11.1 Å². The van der Waals surface area contributed by atoms with Gasteiger partial charge in [0.05, 0.1) is 21.3 Å². The number of benzene rings is 1. The van der Waals surface area contributed by atoms with Gasteiger partial charge in [0.2, 0.25) is 0 Å². The van der Waals surface area contributed by atoms with Crippen LogP contribution in [0.25, 0.3) is 5.69 Å². The van der Waals surface area contributed by atoms with Gasteiger partial charge in [0.25, 0.3) is 5.56 Å². The highest BCUT2D eigenvalue weighted by Gasteiger charge is 2.43. The summed E-state index contributed by atoms with van der Waals surface area (Å²) >= 11 is 12.5. The summed E-state index contributed by atoms with van der Waals surface area (Å²) in [6.07, 6.45) is 5.72. The van der Waals surface area contributed by atoms with E-state index in [-0.39, 0.29) is 11.0 Å². The number of halogens is 2.